The third-order valence-electron chi connectivity index (χ3n) is 4.00. The number of nitrogens with one attached hydrogen (secondary N) is 1. The molecule has 0 spiro atoms. The smallest absolute Gasteiger partial charge is 0.233 e. The second-order valence-electron chi connectivity index (χ2n) is 5.18. The maximum Gasteiger partial charge on any atom is 0.233 e. The number of benzene rings is 1. The molecule has 1 aliphatic carbocycles. The summed E-state index contributed by atoms with van der Waals surface area (Å²) in [4.78, 5) is 0. The summed E-state index contributed by atoms with van der Waals surface area (Å²) in [5.41, 5.74) is 2.40. The monoisotopic (exact) mass is 269 g/mol. The minimum Gasteiger partial charge on any atom is -0.480 e. The molecule has 3 unspecified atom stereocenters. The molecule has 1 aromatic carbocycles. The fourth-order valence-corrected chi connectivity index (χ4v) is 2.85. The first-order valence-electron chi connectivity index (χ1n) is 6.93. The van der Waals surface area contributed by atoms with Crippen molar-refractivity contribution in [2.75, 3.05) is 14.2 Å². The topological polar surface area (TPSA) is 47.0 Å². The lowest BCUT2D eigenvalue weighted by Gasteiger charge is -2.15. The van der Waals surface area contributed by atoms with Crippen molar-refractivity contribution in [2.24, 2.45) is 5.92 Å². The van der Waals surface area contributed by atoms with E-state index in [1.807, 2.05) is 19.2 Å². The zero-order valence-corrected chi connectivity index (χ0v) is 11.8. The van der Waals surface area contributed by atoms with E-state index >= 15 is 0 Å². The molecule has 0 amide bonds. The van der Waals surface area contributed by atoms with Gasteiger partial charge in [0.1, 0.15) is 0 Å². The lowest BCUT2D eigenvalue weighted by molar-refractivity contribution is 0.388. The highest BCUT2D eigenvalue weighted by molar-refractivity contribution is 5.28. The van der Waals surface area contributed by atoms with Crippen molar-refractivity contribution in [3.05, 3.63) is 53.7 Å². The molecule has 104 valence electrons. The van der Waals surface area contributed by atoms with Crippen LogP contribution in [0.3, 0.4) is 0 Å². The molecule has 1 saturated carbocycles. The van der Waals surface area contributed by atoms with Crippen LogP contribution < -0.4 is 10.1 Å². The van der Waals surface area contributed by atoms with Gasteiger partial charge in [-0.3, -0.25) is 0 Å². The van der Waals surface area contributed by atoms with Crippen LogP contribution in [0.25, 0.3) is 0 Å². The van der Waals surface area contributed by atoms with E-state index in [0.29, 0.717) is 17.7 Å². The molecule has 1 N–H and O–H groups in total. The number of hydrogen-bond donors (Lipinski definition) is 1. The summed E-state index contributed by atoms with van der Waals surface area (Å²) >= 11 is 0. The van der Waals surface area contributed by atoms with Gasteiger partial charge in [-0.05, 0) is 36.9 Å². The van der Waals surface area contributed by atoms with Crippen molar-refractivity contribution in [2.45, 2.75) is 18.4 Å². The standard InChI is InChI=1S/C16H19N3O/c1-17-16(14-8-9-15(20-2)19-18-14)13-10-12(13)11-6-4-3-5-7-11/h3-9,12-13,16-17H,10H2,1-2H3. The summed E-state index contributed by atoms with van der Waals surface area (Å²) in [6, 6.07) is 14.8. The average Bonchev–Trinajstić information content (AvgIpc) is 3.30. The summed E-state index contributed by atoms with van der Waals surface area (Å²) in [5.74, 6) is 1.77. The van der Waals surface area contributed by atoms with E-state index in [0.717, 1.165) is 5.69 Å². The van der Waals surface area contributed by atoms with Gasteiger partial charge >= 0.3 is 0 Å². The predicted molar refractivity (Wildman–Crippen MR) is 77.7 cm³/mol. The largest absolute Gasteiger partial charge is 0.480 e. The maximum atomic E-state index is 5.06. The summed E-state index contributed by atoms with van der Waals surface area (Å²) in [5, 5.41) is 11.7. The summed E-state index contributed by atoms with van der Waals surface area (Å²) < 4.78 is 5.06. The Bertz CT molecular complexity index is 556. The summed E-state index contributed by atoms with van der Waals surface area (Å²) in [7, 11) is 3.59. The minimum absolute atomic E-state index is 0.249. The van der Waals surface area contributed by atoms with E-state index in [9.17, 15) is 0 Å². The normalized spacial score (nSPS) is 22.3. The molecular formula is C16H19N3O. The van der Waals surface area contributed by atoms with Crippen LogP contribution in [0, 0.1) is 5.92 Å². The first-order chi connectivity index (χ1) is 9.83. The van der Waals surface area contributed by atoms with Crippen molar-refractivity contribution in [1.29, 1.82) is 0 Å². The van der Waals surface area contributed by atoms with Gasteiger partial charge in [-0.25, -0.2) is 0 Å². The molecule has 4 heteroatoms. The van der Waals surface area contributed by atoms with Gasteiger partial charge in [-0.2, -0.15) is 5.10 Å². The van der Waals surface area contributed by atoms with E-state index in [-0.39, 0.29) is 6.04 Å². The van der Waals surface area contributed by atoms with Crippen LogP contribution in [0.4, 0.5) is 0 Å². The van der Waals surface area contributed by atoms with E-state index in [1.165, 1.54) is 12.0 Å². The lowest BCUT2D eigenvalue weighted by atomic mass is 10.0. The molecule has 0 radical (unpaired) electrons. The van der Waals surface area contributed by atoms with Gasteiger partial charge < -0.3 is 10.1 Å². The van der Waals surface area contributed by atoms with E-state index < -0.39 is 0 Å². The van der Waals surface area contributed by atoms with E-state index in [4.69, 9.17) is 4.74 Å². The quantitative estimate of drug-likeness (QED) is 0.906. The molecule has 20 heavy (non-hydrogen) atoms. The molecule has 3 rings (SSSR count). The first kappa shape index (κ1) is 13.1. The van der Waals surface area contributed by atoms with Crippen LogP contribution in [0.5, 0.6) is 5.88 Å². The second kappa shape index (κ2) is 5.59. The average molecular weight is 269 g/mol. The summed E-state index contributed by atoms with van der Waals surface area (Å²) in [6.07, 6.45) is 1.20. The molecule has 1 aliphatic rings. The Hall–Kier alpha value is -1.94. The fraction of sp³-hybridized carbons (Fsp3) is 0.375. The SMILES string of the molecule is CNC(c1ccc(OC)nn1)C1CC1c1ccccc1. The highest BCUT2D eigenvalue weighted by Crippen LogP contribution is 2.53. The number of methoxy groups -OCH3 is 1. The Balaban J connectivity index is 1.75. The van der Waals surface area contributed by atoms with Crippen LogP contribution in [-0.4, -0.2) is 24.4 Å². The van der Waals surface area contributed by atoms with E-state index in [1.54, 1.807) is 7.11 Å². The minimum atomic E-state index is 0.249. The highest BCUT2D eigenvalue weighted by Gasteiger charge is 2.44. The van der Waals surface area contributed by atoms with Crippen LogP contribution in [0.2, 0.25) is 0 Å². The van der Waals surface area contributed by atoms with Crippen LogP contribution in [-0.2, 0) is 0 Å². The first-order valence-corrected chi connectivity index (χ1v) is 6.93. The number of nitrogens with zero attached hydrogens (tertiary/aromatic N) is 2. The van der Waals surface area contributed by atoms with Gasteiger partial charge in [0, 0.05) is 6.07 Å². The molecule has 4 nitrogen and oxygen atoms in total. The molecule has 1 heterocycles. The van der Waals surface area contributed by atoms with Crippen molar-refractivity contribution >= 4 is 0 Å². The van der Waals surface area contributed by atoms with E-state index in [2.05, 4.69) is 45.8 Å². The van der Waals surface area contributed by atoms with Crippen molar-refractivity contribution < 1.29 is 4.74 Å². The zero-order chi connectivity index (χ0) is 13.9. The maximum absolute atomic E-state index is 5.06. The van der Waals surface area contributed by atoms with Gasteiger partial charge in [-0.1, -0.05) is 30.3 Å². The van der Waals surface area contributed by atoms with Crippen molar-refractivity contribution in [1.82, 2.24) is 15.5 Å². The molecule has 0 aliphatic heterocycles. The number of hydrogen-bond acceptors (Lipinski definition) is 4. The molecular weight excluding hydrogens is 250 g/mol. The zero-order valence-electron chi connectivity index (χ0n) is 11.8. The second-order valence-corrected chi connectivity index (χ2v) is 5.18. The van der Waals surface area contributed by atoms with Crippen LogP contribution >= 0.6 is 0 Å². The van der Waals surface area contributed by atoms with Crippen LogP contribution in [0.15, 0.2) is 42.5 Å². The van der Waals surface area contributed by atoms with Gasteiger partial charge in [-0.15, -0.1) is 5.10 Å². The van der Waals surface area contributed by atoms with Gasteiger partial charge in [0.2, 0.25) is 5.88 Å². The molecule has 0 saturated heterocycles. The molecule has 2 aromatic rings. The molecule has 1 fully saturated rings. The van der Waals surface area contributed by atoms with Crippen LogP contribution in [0.1, 0.15) is 29.6 Å². The number of rotatable bonds is 5. The predicted octanol–water partition coefficient (Wildman–Crippen LogP) is 2.55. The lowest BCUT2D eigenvalue weighted by Crippen LogP contribution is -2.20. The van der Waals surface area contributed by atoms with Gasteiger partial charge in [0.15, 0.2) is 0 Å². The Morgan fingerprint density at radius 1 is 1.15 bits per heavy atom. The third kappa shape index (κ3) is 2.51. The van der Waals surface area contributed by atoms with Crippen molar-refractivity contribution in [3.8, 4) is 5.88 Å². The van der Waals surface area contributed by atoms with Gasteiger partial charge in [0.05, 0.1) is 18.8 Å². The van der Waals surface area contributed by atoms with Crippen molar-refractivity contribution in [3.63, 3.8) is 0 Å². The third-order valence-corrected chi connectivity index (χ3v) is 4.00. The van der Waals surface area contributed by atoms with Gasteiger partial charge in [0.25, 0.3) is 0 Å². The number of ether oxygens (including phenoxy) is 1. The Morgan fingerprint density at radius 3 is 2.55 bits per heavy atom. The fourth-order valence-electron chi connectivity index (χ4n) is 2.85. The molecule has 1 aromatic heterocycles. The Kier molecular flexibility index (Phi) is 3.65. The highest BCUT2D eigenvalue weighted by atomic mass is 16.5. The summed E-state index contributed by atoms with van der Waals surface area (Å²) in [6.45, 7) is 0. The number of aromatic nitrogens is 2. The Labute approximate surface area is 119 Å². The molecule has 3 atom stereocenters. The Morgan fingerprint density at radius 2 is 1.95 bits per heavy atom. The molecule has 0 bridgehead atoms.